The number of non-ortho nitro benzene ring substituents is 1. The number of rotatable bonds is 5. The zero-order chi connectivity index (χ0) is 27.6. The van der Waals surface area contributed by atoms with Crippen LogP contribution < -0.4 is 9.80 Å². The van der Waals surface area contributed by atoms with Gasteiger partial charge in [-0.15, -0.1) is 0 Å². The van der Waals surface area contributed by atoms with Gasteiger partial charge in [-0.2, -0.15) is 5.26 Å². The van der Waals surface area contributed by atoms with Crippen LogP contribution in [-0.4, -0.2) is 54.5 Å². The summed E-state index contributed by atoms with van der Waals surface area (Å²) in [5, 5.41) is 21.2. The Balaban J connectivity index is 1.25. The summed E-state index contributed by atoms with van der Waals surface area (Å²) in [6.45, 7) is 3.48. The van der Waals surface area contributed by atoms with E-state index >= 15 is 0 Å². The van der Waals surface area contributed by atoms with Crippen LogP contribution in [0.25, 0.3) is 0 Å². The molecule has 0 spiro atoms. The van der Waals surface area contributed by atoms with Crippen LogP contribution in [0.15, 0.2) is 72.8 Å². The molecule has 40 heavy (non-hydrogen) atoms. The average Bonchev–Trinajstić information content (AvgIpc) is 3.00. The van der Waals surface area contributed by atoms with E-state index in [9.17, 15) is 20.2 Å². The van der Waals surface area contributed by atoms with Crippen molar-refractivity contribution in [3.63, 3.8) is 0 Å². The van der Waals surface area contributed by atoms with Crippen molar-refractivity contribution in [1.82, 2.24) is 4.90 Å². The van der Waals surface area contributed by atoms with Crippen molar-refractivity contribution in [2.75, 3.05) is 42.5 Å². The number of nitro groups is 1. The SMILES string of the molecule is N#Cc1ccccc1N1CCN2c3ccc([N+](=O)[O-])cc3CC(C(=O)N3CCC(Cc4ccccc4)CC3)C2C1. The number of nitro benzene ring substituents is 1. The van der Waals surface area contributed by atoms with E-state index in [1.54, 1.807) is 12.1 Å². The number of hydrogen-bond donors (Lipinski definition) is 0. The topological polar surface area (TPSA) is 93.7 Å². The second kappa shape index (κ2) is 11.0. The molecule has 0 bridgehead atoms. The van der Waals surface area contributed by atoms with Crippen molar-refractivity contribution in [2.24, 2.45) is 11.8 Å². The number of nitriles is 1. The van der Waals surface area contributed by atoms with Crippen LogP contribution in [0.4, 0.5) is 17.1 Å². The number of para-hydroxylation sites is 1. The normalized spacial score (nSPS) is 20.8. The quantitative estimate of drug-likeness (QED) is 0.344. The molecule has 3 aliphatic heterocycles. The van der Waals surface area contributed by atoms with Crippen LogP contribution >= 0.6 is 0 Å². The van der Waals surface area contributed by atoms with Gasteiger partial charge in [0.25, 0.3) is 5.69 Å². The van der Waals surface area contributed by atoms with E-state index < -0.39 is 0 Å². The van der Waals surface area contributed by atoms with Crippen LogP contribution in [-0.2, 0) is 17.6 Å². The first-order valence-electron chi connectivity index (χ1n) is 14.1. The number of carbonyl (C=O) groups excluding carboxylic acids is 1. The maximum absolute atomic E-state index is 14.2. The van der Waals surface area contributed by atoms with E-state index in [2.05, 4.69) is 40.1 Å². The van der Waals surface area contributed by atoms with Gasteiger partial charge in [0.05, 0.1) is 28.1 Å². The van der Waals surface area contributed by atoms with Gasteiger partial charge in [0, 0.05) is 50.5 Å². The van der Waals surface area contributed by atoms with Gasteiger partial charge >= 0.3 is 0 Å². The molecule has 0 saturated carbocycles. The maximum Gasteiger partial charge on any atom is 0.269 e. The molecular weight excluding hydrogens is 502 g/mol. The lowest BCUT2D eigenvalue weighted by molar-refractivity contribution is -0.384. The van der Waals surface area contributed by atoms with Gasteiger partial charge in [0.1, 0.15) is 6.07 Å². The number of amides is 1. The maximum atomic E-state index is 14.2. The van der Waals surface area contributed by atoms with Gasteiger partial charge in [-0.25, -0.2) is 0 Å². The van der Waals surface area contributed by atoms with E-state index in [1.165, 1.54) is 5.56 Å². The number of benzene rings is 3. The standard InChI is InChI=1S/C32H33N5O3/c33-21-25-8-4-5-9-29(25)35-16-17-36-30-11-10-27(37(39)40)19-26(30)20-28(31(36)22-35)32(38)34-14-12-24(13-15-34)18-23-6-2-1-3-7-23/h1-11,19,24,28,31H,12-18,20,22H2. The number of likely N-dealkylation sites (tertiary alicyclic amines) is 1. The molecule has 0 aromatic heterocycles. The predicted molar refractivity (Wildman–Crippen MR) is 154 cm³/mol. The Hall–Kier alpha value is -4.38. The summed E-state index contributed by atoms with van der Waals surface area (Å²) in [5.74, 6) is 0.392. The molecule has 6 rings (SSSR count). The first-order valence-corrected chi connectivity index (χ1v) is 14.1. The molecule has 3 aliphatic rings. The first-order chi connectivity index (χ1) is 19.5. The van der Waals surface area contributed by atoms with Gasteiger partial charge in [-0.3, -0.25) is 14.9 Å². The molecular formula is C32H33N5O3. The lowest BCUT2D eigenvalue weighted by atomic mass is 9.82. The van der Waals surface area contributed by atoms with E-state index in [0.29, 0.717) is 37.5 Å². The second-order valence-corrected chi connectivity index (χ2v) is 11.2. The Labute approximate surface area is 234 Å². The zero-order valence-electron chi connectivity index (χ0n) is 22.5. The smallest absolute Gasteiger partial charge is 0.269 e. The Kier molecular flexibility index (Phi) is 7.12. The molecule has 8 heteroatoms. The summed E-state index contributed by atoms with van der Waals surface area (Å²) in [5.41, 5.74) is 4.78. The molecule has 2 unspecified atom stereocenters. The number of nitrogens with zero attached hydrogens (tertiary/aromatic N) is 5. The number of fused-ring (bicyclic) bond motifs is 3. The third-order valence-electron chi connectivity index (χ3n) is 8.88. The molecule has 8 nitrogen and oxygen atoms in total. The Bertz CT molecular complexity index is 1440. The Morgan fingerprint density at radius 3 is 2.45 bits per heavy atom. The minimum atomic E-state index is -0.364. The fraction of sp³-hybridized carbons (Fsp3) is 0.375. The fourth-order valence-electron chi connectivity index (χ4n) is 6.81. The van der Waals surface area contributed by atoms with Gasteiger partial charge in [-0.05, 0) is 60.9 Å². The van der Waals surface area contributed by atoms with E-state index in [1.807, 2.05) is 41.3 Å². The van der Waals surface area contributed by atoms with Crippen LogP contribution in [0.5, 0.6) is 0 Å². The molecule has 3 heterocycles. The Morgan fingerprint density at radius 2 is 1.70 bits per heavy atom. The third-order valence-corrected chi connectivity index (χ3v) is 8.88. The number of anilines is 2. The highest BCUT2D eigenvalue weighted by atomic mass is 16.6. The van der Waals surface area contributed by atoms with Crippen LogP contribution in [0, 0.1) is 33.3 Å². The summed E-state index contributed by atoms with van der Waals surface area (Å²) < 4.78 is 0. The molecule has 1 amide bonds. The number of carbonyl (C=O) groups is 1. The molecule has 3 aromatic rings. The Morgan fingerprint density at radius 1 is 0.950 bits per heavy atom. The zero-order valence-corrected chi connectivity index (χ0v) is 22.5. The van der Waals surface area contributed by atoms with Gasteiger partial charge in [0.15, 0.2) is 0 Å². The molecule has 2 fully saturated rings. The lowest BCUT2D eigenvalue weighted by Crippen LogP contribution is -2.62. The second-order valence-electron chi connectivity index (χ2n) is 11.2. The van der Waals surface area contributed by atoms with Gasteiger partial charge in [-0.1, -0.05) is 42.5 Å². The van der Waals surface area contributed by atoms with E-state index in [-0.39, 0.29) is 28.5 Å². The number of piperazine rings is 1. The van der Waals surface area contributed by atoms with E-state index in [4.69, 9.17) is 0 Å². The highest BCUT2D eigenvalue weighted by molar-refractivity contribution is 5.83. The van der Waals surface area contributed by atoms with Crippen LogP contribution in [0.3, 0.4) is 0 Å². The van der Waals surface area contributed by atoms with Crippen LogP contribution in [0.2, 0.25) is 0 Å². The summed E-state index contributed by atoms with van der Waals surface area (Å²) in [7, 11) is 0. The highest BCUT2D eigenvalue weighted by Crippen LogP contribution is 2.40. The van der Waals surface area contributed by atoms with Crippen LogP contribution in [0.1, 0.15) is 29.5 Å². The minimum Gasteiger partial charge on any atom is -0.367 e. The third kappa shape index (κ3) is 5.00. The summed E-state index contributed by atoms with van der Waals surface area (Å²) in [6, 6.07) is 25.4. The molecule has 2 atom stereocenters. The molecule has 0 N–H and O–H groups in total. The largest absolute Gasteiger partial charge is 0.367 e. The number of piperidine rings is 1. The highest BCUT2D eigenvalue weighted by Gasteiger charge is 2.44. The molecule has 3 aromatic carbocycles. The summed E-state index contributed by atoms with van der Waals surface area (Å²) in [4.78, 5) is 31.9. The monoisotopic (exact) mass is 535 g/mol. The van der Waals surface area contributed by atoms with Crippen molar-refractivity contribution in [3.8, 4) is 6.07 Å². The number of hydrogen-bond acceptors (Lipinski definition) is 6. The van der Waals surface area contributed by atoms with Crippen molar-refractivity contribution in [2.45, 2.75) is 31.7 Å². The molecule has 2 saturated heterocycles. The fourth-order valence-corrected chi connectivity index (χ4v) is 6.81. The average molecular weight is 536 g/mol. The van der Waals surface area contributed by atoms with Crippen molar-refractivity contribution < 1.29 is 9.72 Å². The summed E-state index contributed by atoms with van der Waals surface area (Å²) >= 11 is 0. The summed E-state index contributed by atoms with van der Waals surface area (Å²) in [6.07, 6.45) is 3.47. The minimum absolute atomic E-state index is 0.0618. The molecule has 204 valence electrons. The predicted octanol–water partition coefficient (Wildman–Crippen LogP) is 4.82. The van der Waals surface area contributed by atoms with Crippen molar-refractivity contribution in [3.05, 3.63) is 99.6 Å². The van der Waals surface area contributed by atoms with Crippen molar-refractivity contribution >= 4 is 23.0 Å². The lowest BCUT2D eigenvalue weighted by Gasteiger charge is -2.50. The molecule has 0 aliphatic carbocycles. The van der Waals surface area contributed by atoms with E-state index in [0.717, 1.165) is 49.3 Å². The van der Waals surface area contributed by atoms with Gasteiger partial charge in [0.2, 0.25) is 5.91 Å². The molecule has 0 radical (unpaired) electrons. The van der Waals surface area contributed by atoms with Crippen molar-refractivity contribution in [1.29, 1.82) is 5.26 Å². The first kappa shape index (κ1) is 25.9. The van der Waals surface area contributed by atoms with Gasteiger partial charge < -0.3 is 14.7 Å².